The number of nitrogens with zero attached hydrogens (tertiary/aromatic N) is 3. The highest BCUT2D eigenvalue weighted by Gasteiger charge is 2.66. The van der Waals surface area contributed by atoms with Crippen molar-refractivity contribution in [1.82, 2.24) is 9.29 Å². The number of allylic oxidation sites excluding steroid dienone is 1. The van der Waals surface area contributed by atoms with E-state index in [9.17, 15) is 10.2 Å². The van der Waals surface area contributed by atoms with Gasteiger partial charge in [-0.25, -0.2) is 8.42 Å². The predicted octanol–water partition coefficient (Wildman–Crippen LogP) is 10.7. The largest absolute Gasteiger partial charge is 0.460 e. The summed E-state index contributed by atoms with van der Waals surface area (Å²) in [6.45, 7) is 6.65. The normalized spacial score (nSPS) is 22.9. The van der Waals surface area contributed by atoms with E-state index in [0.29, 0.717) is 53.1 Å². The zero-order valence-electron chi connectivity index (χ0n) is 37.8. The smallest absolute Gasteiger partial charge is 0.245 e. The Morgan fingerprint density at radius 3 is 2.44 bits per heavy atom. The molecule has 6 atom stereocenters. The Morgan fingerprint density at radius 1 is 0.939 bits per heavy atom. The first-order chi connectivity index (χ1) is 32.3. The van der Waals surface area contributed by atoms with Crippen LogP contribution in [0, 0.1) is 17.8 Å². The lowest BCUT2D eigenvalue weighted by Crippen LogP contribution is -2.70. The SMILES string of the molecule is C=CCOC12Oc3ccc(Oc4ccc(SC)cc4)cc3C3C(CCCCO)C(CCCCO)C=C(C(=NOCc4ccccc4)CC1N(CCC)S(=O)(=O)c1cccc4cccnc14)C32. The van der Waals surface area contributed by atoms with Crippen molar-refractivity contribution in [3.8, 4) is 17.2 Å². The fraction of sp³-hybridized carbons (Fsp3) is 0.396. The molecule has 0 amide bonds. The fourth-order valence-corrected chi connectivity index (χ4v) is 12.6. The molecule has 2 N–H and O–H groups in total. The van der Waals surface area contributed by atoms with Crippen LogP contribution >= 0.6 is 11.8 Å². The number of para-hydroxylation sites is 1. The number of pyridine rings is 1. The van der Waals surface area contributed by atoms with Crippen molar-refractivity contribution < 1.29 is 37.7 Å². The number of hydrogen-bond acceptors (Lipinski definition) is 11. The van der Waals surface area contributed by atoms with Gasteiger partial charge in [0.15, 0.2) is 0 Å². The molecule has 0 bridgehead atoms. The van der Waals surface area contributed by atoms with E-state index >= 15 is 8.42 Å². The van der Waals surface area contributed by atoms with E-state index in [1.54, 1.807) is 46.5 Å². The van der Waals surface area contributed by atoms with Crippen LogP contribution in [-0.4, -0.2) is 78.1 Å². The molecule has 2 aliphatic carbocycles. The number of aromatic nitrogens is 1. The third-order valence-corrected chi connectivity index (χ3v) is 15.8. The second kappa shape index (κ2) is 21.7. The van der Waals surface area contributed by atoms with Gasteiger partial charge in [-0.05, 0) is 116 Å². The number of oxime groups is 1. The van der Waals surface area contributed by atoms with E-state index in [0.717, 1.165) is 47.3 Å². The summed E-state index contributed by atoms with van der Waals surface area (Å²) in [4.78, 5) is 12.1. The Bertz CT molecular complexity index is 2600. The molecule has 3 aliphatic rings. The van der Waals surface area contributed by atoms with Gasteiger partial charge in [-0.15, -0.1) is 18.3 Å². The summed E-state index contributed by atoms with van der Waals surface area (Å²) in [5, 5.41) is 25.7. The predicted molar refractivity (Wildman–Crippen MR) is 260 cm³/mol. The van der Waals surface area contributed by atoms with Gasteiger partial charge in [0.1, 0.15) is 28.8 Å². The summed E-state index contributed by atoms with van der Waals surface area (Å²) in [5.74, 6) is -0.480. The Balaban J connectivity index is 1.36. The molecule has 1 aliphatic heterocycles. The van der Waals surface area contributed by atoms with Crippen molar-refractivity contribution in [3.63, 3.8) is 0 Å². The van der Waals surface area contributed by atoms with E-state index in [-0.39, 0.29) is 62.0 Å². The maximum Gasteiger partial charge on any atom is 0.245 e. The average Bonchev–Trinajstić information content (AvgIpc) is 3.34. The molecule has 0 radical (unpaired) electrons. The van der Waals surface area contributed by atoms with Crippen LogP contribution < -0.4 is 9.47 Å². The lowest BCUT2D eigenvalue weighted by molar-refractivity contribution is -0.251. The van der Waals surface area contributed by atoms with Gasteiger partial charge < -0.3 is 29.3 Å². The van der Waals surface area contributed by atoms with Crippen molar-refractivity contribution >= 4 is 38.4 Å². The maximum atomic E-state index is 15.6. The highest BCUT2D eigenvalue weighted by Crippen LogP contribution is 2.62. The molecule has 66 heavy (non-hydrogen) atoms. The summed E-state index contributed by atoms with van der Waals surface area (Å²) in [6, 6.07) is 31.7. The number of aliphatic hydroxyl groups excluding tert-OH is 2. The first-order valence-corrected chi connectivity index (χ1v) is 25.8. The number of rotatable bonds is 22. The van der Waals surface area contributed by atoms with Crippen LogP contribution in [0.2, 0.25) is 0 Å². The molecule has 8 rings (SSSR count). The van der Waals surface area contributed by atoms with Gasteiger partial charge in [0.05, 0.1) is 29.8 Å². The third-order valence-electron chi connectivity index (χ3n) is 13.2. The Kier molecular flexibility index (Phi) is 15.6. The van der Waals surface area contributed by atoms with Gasteiger partial charge in [-0.3, -0.25) is 4.98 Å². The number of fused-ring (bicyclic) bond motifs is 3. The number of hydrogen-bond donors (Lipinski definition) is 2. The van der Waals surface area contributed by atoms with Gasteiger partial charge >= 0.3 is 0 Å². The van der Waals surface area contributed by atoms with Gasteiger partial charge in [-0.1, -0.05) is 85.6 Å². The average molecular weight is 932 g/mol. The molecule has 1 aromatic heterocycles. The van der Waals surface area contributed by atoms with E-state index in [2.05, 4.69) is 23.7 Å². The summed E-state index contributed by atoms with van der Waals surface area (Å²) < 4.78 is 54.0. The topological polar surface area (TPSA) is 140 Å². The molecule has 0 spiro atoms. The molecule has 4 aromatic carbocycles. The monoisotopic (exact) mass is 931 g/mol. The Morgan fingerprint density at radius 2 is 1.70 bits per heavy atom. The van der Waals surface area contributed by atoms with Gasteiger partial charge in [0.2, 0.25) is 15.8 Å². The van der Waals surface area contributed by atoms with Crippen molar-refractivity contribution in [2.75, 3.05) is 32.6 Å². The third kappa shape index (κ3) is 9.84. The van der Waals surface area contributed by atoms with Crippen LogP contribution in [-0.2, 0) is 26.2 Å². The maximum absolute atomic E-state index is 15.6. The molecule has 13 heteroatoms. The van der Waals surface area contributed by atoms with Crippen LogP contribution in [0.1, 0.15) is 75.3 Å². The molecule has 11 nitrogen and oxygen atoms in total. The lowest BCUT2D eigenvalue weighted by Gasteiger charge is -2.59. The molecule has 2 heterocycles. The van der Waals surface area contributed by atoms with Gasteiger partial charge in [-0.2, -0.15) is 4.31 Å². The van der Waals surface area contributed by atoms with Crippen LogP contribution in [0.25, 0.3) is 10.9 Å². The van der Waals surface area contributed by atoms with Crippen LogP contribution in [0.5, 0.6) is 17.2 Å². The van der Waals surface area contributed by atoms with Gasteiger partial charge in [0, 0.05) is 54.1 Å². The minimum atomic E-state index is -4.30. The molecule has 1 fully saturated rings. The molecule has 0 saturated heterocycles. The second-order valence-corrected chi connectivity index (χ2v) is 20.0. The quantitative estimate of drug-likeness (QED) is 0.0298. The molecule has 5 aromatic rings. The standard InChI is InChI=1S/C53H61N3O8S2/c1-4-29-56(66(59,60)48-21-13-18-38-19-14-28-54-52(38)48)49-35-46(55-62-36-37-15-7-6-8-16-37)44-33-39(17-9-11-30-57)43(20-10-12-31-58)50-45-34-41(63-40-22-25-42(65-3)26-23-40)24-27-47(45)64-53(49,51(44)50)61-32-5-2/h5-8,13-16,18-19,21-28,33-34,39,43,49-51,57-58H,2,4,9-12,17,20,29-32,35-36H2,1,3H3. The summed E-state index contributed by atoms with van der Waals surface area (Å²) >= 11 is 1.66. The first-order valence-electron chi connectivity index (χ1n) is 23.2. The van der Waals surface area contributed by atoms with Crippen LogP contribution in [0.4, 0.5) is 0 Å². The number of aliphatic hydroxyl groups is 2. The highest BCUT2D eigenvalue weighted by atomic mass is 32.2. The number of thioether (sulfide) groups is 1. The minimum absolute atomic E-state index is 0.00167. The fourth-order valence-electron chi connectivity index (χ4n) is 10.3. The van der Waals surface area contributed by atoms with Crippen molar-refractivity contribution in [3.05, 3.63) is 145 Å². The molecule has 348 valence electrons. The van der Waals surface area contributed by atoms with Gasteiger partial charge in [0.25, 0.3) is 0 Å². The lowest BCUT2D eigenvalue weighted by atomic mass is 9.55. The van der Waals surface area contributed by atoms with Crippen molar-refractivity contribution in [1.29, 1.82) is 0 Å². The number of unbranched alkanes of at least 4 members (excludes halogenated alkanes) is 2. The van der Waals surface area contributed by atoms with Crippen LogP contribution in [0.3, 0.4) is 0 Å². The number of sulfonamides is 1. The summed E-state index contributed by atoms with van der Waals surface area (Å²) in [6.07, 6.45) is 12.7. The summed E-state index contributed by atoms with van der Waals surface area (Å²) in [7, 11) is -4.30. The highest BCUT2D eigenvalue weighted by molar-refractivity contribution is 7.98. The van der Waals surface area contributed by atoms with Crippen molar-refractivity contribution in [2.45, 2.75) is 92.4 Å². The second-order valence-electron chi connectivity index (χ2n) is 17.3. The minimum Gasteiger partial charge on any atom is -0.460 e. The zero-order valence-corrected chi connectivity index (χ0v) is 39.5. The van der Waals surface area contributed by atoms with Crippen molar-refractivity contribution in [2.24, 2.45) is 22.9 Å². The van der Waals surface area contributed by atoms with Crippen LogP contribution in [0.15, 0.2) is 149 Å². The zero-order chi connectivity index (χ0) is 46.1. The first kappa shape index (κ1) is 47.5. The van der Waals surface area contributed by atoms with E-state index in [1.165, 1.54) is 0 Å². The van der Waals surface area contributed by atoms with E-state index < -0.39 is 27.8 Å². The molecule has 6 unspecified atom stereocenters. The molecular formula is C53H61N3O8S2. The molecule has 1 saturated carbocycles. The number of ether oxygens (including phenoxy) is 3. The van der Waals surface area contributed by atoms with E-state index in [4.69, 9.17) is 24.2 Å². The van der Waals surface area contributed by atoms with E-state index in [1.807, 2.05) is 92.0 Å². The summed E-state index contributed by atoms with van der Waals surface area (Å²) in [5.41, 5.74) is 3.78. The molecular weight excluding hydrogens is 871 g/mol. The Labute approximate surface area is 393 Å². The number of benzene rings is 4. The Hall–Kier alpha value is -5.02.